The zero-order chi connectivity index (χ0) is 14.1. The lowest BCUT2D eigenvalue weighted by atomic mass is 10.1. The highest BCUT2D eigenvalue weighted by molar-refractivity contribution is 5.77. The topological polar surface area (TPSA) is 110 Å². The van der Waals surface area contributed by atoms with E-state index < -0.39 is 18.1 Å². The number of nitrogens with zero attached hydrogens (tertiary/aromatic N) is 1. The number of carboxylic acids is 1. The monoisotopic (exact) mass is 262 g/mol. The van der Waals surface area contributed by atoms with Gasteiger partial charge in [-0.1, -0.05) is 13.8 Å². The summed E-state index contributed by atoms with van der Waals surface area (Å²) in [7, 11) is 0. The Hall–Kier alpha value is -1.34. The number of hydrogen-bond donors (Lipinski definition) is 4. The molecule has 0 bridgehead atoms. The van der Waals surface area contributed by atoms with Crippen LogP contribution in [0.1, 0.15) is 26.7 Å². The second-order valence-corrected chi connectivity index (χ2v) is 3.93. The third-order valence-electron chi connectivity index (χ3n) is 2.72. The number of aliphatic hydroxyl groups is 2. The van der Waals surface area contributed by atoms with Crippen LogP contribution < -0.4 is 5.32 Å². The number of amides is 2. The number of carbonyl (C=O) groups excluding carboxylic acids is 1. The van der Waals surface area contributed by atoms with Gasteiger partial charge in [-0.15, -0.1) is 0 Å². The van der Waals surface area contributed by atoms with Gasteiger partial charge in [-0.25, -0.2) is 9.59 Å². The molecule has 1 unspecified atom stereocenters. The lowest BCUT2D eigenvalue weighted by Gasteiger charge is -2.30. The second kappa shape index (κ2) is 8.71. The summed E-state index contributed by atoms with van der Waals surface area (Å²) in [5.74, 6) is -1.38. The van der Waals surface area contributed by atoms with Gasteiger partial charge in [0, 0.05) is 12.6 Å². The fourth-order valence-corrected chi connectivity index (χ4v) is 1.66. The molecule has 106 valence electrons. The van der Waals surface area contributed by atoms with Crippen LogP contribution in [0.2, 0.25) is 0 Å². The molecule has 0 aliphatic rings. The number of aliphatic hydroxyl groups excluding tert-OH is 2. The van der Waals surface area contributed by atoms with Gasteiger partial charge in [0.2, 0.25) is 0 Å². The molecule has 0 spiro atoms. The summed E-state index contributed by atoms with van der Waals surface area (Å²) >= 11 is 0. The van der Waals surface area contributed by atoms with Gasteiger partial charge in [-0.3, -0.25) is 0 Å². The Bertz CT molecular complexity index is 268. The molecule has 4 N–H and O–H groups in total. The van der Waals surface area contributed by atoms with Crippen LogP contribution in [0.5, 0.6) is 0 Å². The van der Waals surface area contributed by atoms with Crippen LogP contribution >= 0.6 is 0 Å². The fourth-order valence-electron chi connectivity index (χ4n) is 1.66. The van der Waals surface area contributed by atoms with Crippen LogP contribution in [-0.4, -0.2) is 64.1 Å². The first-order chi connectivity index (χ1) is 8.47. The summed E-state index contributed by atoms with van der Waals surface area (Å²) in [6.45, 7) is 3.53. The van der Waals surface area contributed by atoms with Gasteiger partial charge >= 0.3 is 12.0 Å². The van der Waals surface area contributed by atoms with Crippen molar-refractivity contribution in [3.05, 3.63) is 0 Å². The van der Waals surface area contributed by atoms with Crippen LogP contribution in [0.4, 0.5) is 4.79 Å². The van der Waals surface area contributed by atoms with Crippen molar-refractivity contribution in [1.82, 2.24) is 10.2 Å². The lowest BCUT2D eigenvalue weighted by Crippen LogP contribution is -2.49. The van der Waals surface area contributed by atoms with E-state index in [1.54, 1.807) is 0 Å². The van der Waals surface area contributed by atoms with Crippen LogP contribution in [0, 0.1) is 0 Å². The Labute approximate surface area is 106 Å². The molecule has 0 heterocycles. The minimum atomic E-state index is -1.62. The molecule has 0 aromatic rings. The van der Waals surface area contributed by atoms with Crippen molar-refractivity contribution in [2.75, 3.05) is 19.7 Å². The minimum absolute atomic E-state index is 0.0147. The van der Waals surface area contributed by atoms with Crippen LogP contribution in [-0.2, 0) is 4.79 Å². The Morgan fingerprint density at radius 2 is 1.83 bits per heavy atom. The Morgan fingerprint density at radius 1 is 1.28 bits per heavy atom. The smallest absolute Gasteiger partial charge is 0.334 e. The standard InChI is InChI=1S/C11H22N2O5/c1-3-8(4-2)13(5-6-14)11(18)12-7-9(15)10(16)17/h8-9,14-15H,3-7H2,1-2H3,(H,12,18)(H,16,17). The second-order valence-electron chi connectivity index (χ2n) is 3.93. The van der Waals surface area contributed by atoms with Gasteiger partial charge in [-0.05, 0) is 12.8 Å². The molecule has 0 aromatic carbocycles. The highest BCUT2D eigenvalue weighted by atomic mass is 16.4. The molecule has 0 aromatic heterocycles. The van der Waals surface area contributed by atoms with E-state index in [1.165, 1.54) is 4.90 Å². The van der Waals surface area contributed by atoms with E-state index in [2.05, 4.69) is 5.32 Å². The van der Waals surface area contributed by atoms with Crippen molar-refractivity contribution in [2.24, 2.45) is 0 Å². The Morgan fingerprint density at radius 3 is 2.22 bits per heavy atom. The SMILES string of the molecule is CCC(CC)N(CCO)C(=O)NCC(O)C(=O)O. The first kappa shape index (κ1) is 16.7. The summed E-state index contributed by atoms with van der Waals surface area (Å²) in [6.07, 6.45) is -0.136. The first-order valence-electron chi connectivity index (χ1n) is 6.04. The number of nitrogens with one attached hydrogen (secondary N) is 1. The van der Waals surface area contributed by atoms with E-state index in [0.29, 0.717) is 0 Å². The quantitative estimate of drug-likeness (QED) is 0.477. The van der Waals surface area contributed by atoms with Crippen molar-refractivity contribution in [3.8, 4) is 0 Å². The van der Waals surface area contributed by atoms with E-state index in [4.69, 9.17) is 15.3 Å². The van der Waals surface area contributed by atoms with Crippen molar-refractivity contribution in [2.45, 2.75) is 38.8 Å². The van der Waals surface area contributed by atoms with Gasteiger partial charge in [-0.2, -0.15) is 0 Å². The fraction of sp³-hybridized carbons (Fsp3) is 0.818. The molecule has 2 amide bonds. The van der Waals surface area contributed by atoms with E-state index in [9.17, 15) is 9.59 Å². The highest BCUT2D eigenvalue weighted by Crippen LogP contribution is 2.08. The normalized spacial score (nSPS) is 12.3. The molecule has 0 aliphatic heterocycles. The average Bonchev–Trinajstić information content (AvgIpc) is 2.35. The molecule has 0 aliphatic carbocycles. The molecule has 0 radical (unpaired) electrons. The molecule has 1 atom stereocenters. The predicted octanol–water partition coefficient (Wildman–Crippen LogP) is -0.376. The van der Waals surface area contributed by atoms with Gasteiger partial charge in [0.1, 0.15) is 0 Å². The zero-order valence-corrected chi connectivity index (χ0v) is 10.8. The maximum atomic E-state index is 11.8. The number of carboxylic acid groups (broad SMARTS) is 1. The predicted molar refractivity (Wildman–Crippen MR) is 65.2 cm³/mol. The van der Waals surface area contributed by atoms with E-state index in [0.717, 1.165) is 12.8 Å². The molecule has 0 rings (SSSR count). The third-order valence-corrected chi connectivity index (χ3v) is 2.72. The van der Waals surface area contributed by atoms with E-state index in [-0.39, 0.29) is 25.7 Å². The van der Waals surface area contributed by atoms with E-state index in [1.807, 2.05) is 13.8 Å². The molecule has 0 saturated carbocycles. The summed E-state index contributed by atoms with van der Waals surface area (Å²) in [4.78, 5) is 23.7. The van der Waals surface area contributed by atoms with Gasteiger partial charge < -0.3 is 25.5 Å². The van der Waals surface area contributed by atoms with Crippen molar-refractivity contribution >= 4 is 12.0 Å². The first-order valence-corrected chi connectivity index (χ1v) is 6.04. The molecular weight excluding hydrogens is 240 g/mol. The number of carbonyl (C=O) groups is 2. The largest absolute Gasteiger partial charge is 0.479 e. The van der Waals surface area contributed by atoms with Crippen molar-refractivity contribution in [3.63, 3.8) is 0 Å². The number of rotatable bonds is 8. The average molecular weight is 262 g/mol. The van der Waals surface area contributed by atoms with Gasteiger partial charge in [0.15, 0.2) is 6.10 Å². The summed E-state index contributed by atoms with van der Waals surface area (Å²) in [5.41, 5.74) is 0. The summed E-state index contributed by atoms with van der Waals surface area (Å²) < 4.78 is 0. The van der Waals surface area contributed by atoms with Crippen molar-refractivity contribution < 1.29 is 24.9 Å². The van der Waals surface area contributed by atoms with Crippen LogP contribution in [0.15, 0.2) is 0 Å². The van der Waals surface area contributed by atoms with Gasteiger partial charge in [0.05, 0.1) is 13.2 Å². The maximum absolute atomic E-state index is 11.8. The third kappa shape index (κ3) is 5.33. The van der Waals surface area contributed by atoms with E-state index >= 15 is 0 Å². The highest BCUT2D eigenvalue weighted by Gasteiger charge is 2.22. The molecule has 18 heavy (non-hydrogen) atoms. The minimum Gasteiger partial charge on any atom is -0.479 e. The number of hydrogen-bond acceptors (Lipinski definition) is 4. The molecule has 0 fully saturated rings. The number of aliphatic carboxylic acids is 1. The Balaban J connectivity index is 4.42. The molecule has 7 heteroatoms. The Kier molecular flexibility index (Phi) is 8.06. The lowest BCUT2D eigenvalue weighted by molar-refractivity contribution is -0.146. The van der Waals surface area contributed by atoms with Crippen LogP contribution in [0.3, 0.4) is 0 Å². The maximum Gasteiger partial charge on any atom is 0.334 e. The summed E-state index contributed by atoms with van der Waals surface area (Å²) in [5, 5.41) is 28.8. The van der Waals surface area contributed by atoms with Gasteiger partial charge in [0.25, 0.3) is 0 Å². The molecule has 7 nitrogen and oxygen atoms in total. The zero-order valence-electron chi connectivity index (χ0n) is 10.8. The number of urea groups is 1. The molecular formula is C11H22N2O5. The van der Waals surface area contributed by atoms with Crippen LogP contribution in [0.25, 0.3) is 0 Å². The molecule has 0 saturated heterocycles. The summed E-state index contributed by atoms with van der Waals surface area (Å²) in [6, 6.07) is -0.489. The van der Waals surface area contributed by atoms with Crippen molar-refractivity contribution in [1.29, 1.82) is 0 Å².